The molecule has 2 rings (SSSR count). The van der Waals surface area contributed by atoms with Crippen LogP contribution in [-0.2, 0) is 9.53 Å². The van der Waals surface area contributed by atoms with Gasteiger partial charge in [0.2, 0.25) is 0 Å². The monoisotopic (exact) mass is 442 g/mol. The molecule has 1 saturated heterocycles. The highest BCUT2D eigenvalue weighted by molar-refractivity contribution is 9.10. The van der Waals surface area contributed by atoms with E-state index in [1.165, 1.54) is 0 Å². The highest BCUT2D eigenvalue weighted by atomic mass is 79.9. The Morgan fingerprint density at radius 1 is 1.33 bits per heavy atom. The molecule has 0 radical (unpaired) electrons. The van der Waals surface area contributed by atoms with Crippen molar-refractivity contribution in [2.24, 2.45) is 0 Å². The summed E-state index contributed by atoms with van der Waals surface area (Å²) in [5, 5.41) is 22.5. The third-order valence-corrected chi connectivity index (χ3v) is 4.91. The van der Waals surface area contributed by atoms with Gasteiger partial charge in [-0.15, -0.1) is 0 Å². The fourth-order valence-electron chi connectivity index (χ4n) is 3.30. The van der Waals surface area contributed by atoms with Crippen LogP contribution >= 0.6 is 15.9 Å². The quantitative estimate of drug-likeness (QED) is 0.625. The second kappa shape index (κ2) is 9.03. The van der Waals surface area contributed by atoms with Gasteiger partial charge in [0.15, 0.2) is 0 Å². The zero-order chi connectivity index (χ0) is 20.2. The summed E-state index contributed by atoms with van der Waals surface area (Å²) in [6, 6.07) is 6.94. The lowest BCUT2D eigenvalue weighted by Gasteiger charge is -2.27. The number of rotatable bonds is 6. The van der Waals surface area contributed by atoms with E-state index in [2.05, 4.69) is 21.2 Å². The Morgan fingerprint density at radius 2 is 1.96 bits per heavy atom. The molecule has 3 atom stereocenters. The van der Waals surface area contributed by atoms with Gasteiger partial charge in [0, 0.05) is 23.5 Å². The molecule has 1 aliphatic rings. The largest absolute Gasteiger partial charge is 0.480 e. The van der Waals surface area contributed by atoms with Gasteiger partial charge < -0.3 is 20.3 Å². The average Bonchev–Trinajstić information content (AvgIpc) is 2.96. The molecule has 1 heterocycles. The van der Waals surface area contributed by atoms with Gasteiger partial charge in [-0.1, -0.05) is 28.1 Å². The van der Waals surface area contributed by atoms with Crippen LogP contribution in [0.15, 0.2) is 28.7 Å². The van der Waals surface area contributed by atoms with Crippen LogP contribution in [0.4, 0.5) is 4.79 Å². The molecule has 0 unspecified atom stereocenters. The lowest BCUT2D eigenvalue weighted by atomic mass is 9.92. The zero-order valence-corrected chi connectivity index (χ0v) is 17.4. The second-order valence-corrected chi connectivity index (χ2v) is 8.68. The average molecular weight is 443 g/mol. The molecule has 1 aromatic rings. The molecule has 3 N–H and O–H groups in total. The number of ether oxygens (including phenoxy) is 1. The van der Waals surface area contributed by atoms with Crippen LogP contribution in [0.2, 0.25) is 0 Å². The maximum Gasteiger partial charge on any atom is 0.407 e. The Labute approximate surface area is 167 Å². The van der Waals surface area contributed by atoms with Crippen molar-refractivity contribution in [3.63, 3.8) is 0 Å². The fraction of sp³-hybridized carbons (Fsp3) is 0.579. The Balaban J connectivity index is 1.94. The van der Waals surface area contributed by atoms with Gasteiger partial charge in [-0.2, -0.15) is 0 Å². The second-order valence-electron chi connectivity index (χ2n) is 7.76. The van der Waals surface area contributed by atoms with E-state index in [0.717, 1.165) is 10.0 Å². The molecule has 0 aliphatic carbocycles. The van der Waals surface area contributed by atoms with E-state index in [0.29, 0.717) is 13.0 Å². The van der Waals surface area contributed by atoms with E-state index in [1.807, 2.05) is 24.3 Å². The summed E-state index contributed by atoms with van der Waals surface area (Å²) in [5.41, 5.74) is 0.352. The van der Waals surface area contributed by atoms with Crippen LogP contribution < -0.4 is 5.32 Å². The number of β-amino-alcohol motifs (C(OH)–C–C–N with tert-alkyl or cyclic N) is 1. The number of likely N-dealkylation sites (tertiary alicyclic amines) is 1. The van der Waals surface area contributed by atoms with Crippen LogP contribution in [0.1, 0.15) is 38.7 Å². The van der Waals surface area contributed by atoms with Crippen molar-refractivity contribution in [1.29, 1.82) is 0 Å². The van der Waals surface area contributed by atoms with Crippen LogP contribution in [-0.4, -0.2) is 64.6 Å². The number of hydrogen-bond acceptors (Lipinski definition) is 5. The number of alkyl carbamates (subject to hydrolysis) is 1. The number of carbonyl (C=O) groups is 2. The number of nitrogens with zero attached hydrogens (tertiary/aromatic N) is 1. The molecule has 8 heteroatoms. The van der Waals surface area contributed by atoms with Crippen LogP contribution in [0.3, 0.4) is 0 Å². The van der Waals surface area contributed by atoms with E-state index in [4.69, 9.17) is 4.74 Å². The van der Waals surface area contributed by atoms with E-state index in [1.54, 1.807) is 25.7 Å². The van der Waals surface area contributed by atoms with Crippen molar-refractivity contribution in [2.45, 2.75) is 50.9 Å². The molecule has 1 aliphatic heterocycles. The van der Waals surface area contributed by atoms with Crippen molar-refractivity contribution >= 4 is 28.0 Å². The normalized spacial score (nSPS) is 21.7. The summed E-state index contributed by atoms with van der Waals surface area (Å²) in [6.45, 7) is 6.01. The number of aliphatic hydroxyl groups excluding tert-OH is 1. The van der Waals surface area contributed by atoms with Gasteiger partial charge in [0.25, 0.3) is 0 Å². The van der Waals surface area contributed by atoms with Crippen molar-refractivity contribution in [2.75, 3.05) is 19.6 Å². The molecule has 0 bridgehead atoms. The maximum atomic E-state index is 11.8. The predicted octanol–water partition coefficient (Wildman–Crippen LogP) is 2.58. The molecule has 27 heavy (non-hydrogen) atoms. The van der Waals surface area contributed by atoms with E-state index in [-0.39, 0.29) is 19.0 Å². The summed E-state index contributed by atoms with van der Waals surface area (Å²) in [6.07, 6.45) is -0.793. The highest BCUT2D eigenvalue weighted by Crippen LogP contribution is 2.34. The molecule has 0 aromatic heterocycles. The standard InChI is InChI=1S/C19H27BrN2O5/c1-19(2,3)27-18(26)21-10-14(23)11-22-9-8-15(16(22)17(24)25)12-4-6-13(20)7-5-12/h4-7,14-16,23H,8-11H2,1-3H3,(H,21,26)(H,24,25)/t14-,15+,16+/m0/s1. The number of benzene rings is 1. The molecular weight excluding hydrogens is 416 g/mol. The SMILES string of the molecule is CC(C)(C)OC(=O)NC[C@H](O)CN1CC[C@H](c2ccc(Br)cc2)[C@@H]1C(=O)O. The predicted molar refractivity (Wildman–Crippen MR) is 105 cm³/mol. The first-order valence-corrected chi connectivity index (χ1v) is 9.73. The molecule has 1 fully saturated rings. The van der Waals surface area contributed by atoms with E-state index in [9.17, 15) is 19.8 Å². The van der Waals surface area contributed by atoms with E-state index >= 15 is 0 Å². The molecule has 7 nitrogen and oxygen atoms in total. The Morgan fingerprint density at radius 3 is 2.52 bits per heavy atom. The maximum absolute atomic E-state index is 11.8. The topological polar surface area (TPSA) is 99.1 Å². The van der Waals surface area contributed by atoms with Gasteiger partial charge in [0.1, 0.15) is 11.6 Å². The molecule has 1 aromatic carbocycles. The van der Waals surface area contributed by atoms with Crippen molar-refractivity contribution in [1.82, 2.24) is 10.2 Å². The minimum absolute atomic E-state index is 0.000697. The summed E-state index contributed by atoms with van der Waals surface area (Å²) >= 11 is 3.39. The van der Waals surface area contributed by atoms with Crippen LogP contribution in [0, 0.1) is 0 Å². The van der Waals surface area contributed by atoms with Crippen LogP contribution in [0.5, 0.6) is 0 Å². The van der Waals surface area contributed by atoms with Gasteiger partial charge in [0.05, 0.1) is 6.10 Å². The number of aliphatic carboxylic acids is 1. The first-order valence-electron chi connectivity index (χ1n) is 8.94. The Hall–Kier alpha value is -1.64. The number of nitrogens with one attached hydrogen (secondary N) is 1. The van der Waals surface area contributed by atoms with Crippen molar-refractivity contribution in [3.8, 4) is 0 Å². The fourth-order valence-corrected chi connectivity index (χ4v) is 3.56. The summed E-state index contributed by atoms with van der Waals surface area (Å²) < 4.78 is 6.07. The van der Waals surface area contributed by atoms with Crippen LogP contribution in [0.25, 0.3) is 0 Å². The lowest BCUT2D eigenvalue weighted by Crippen LogP contribution is -2.46. The van der Waals surface area contributed by atoms with Gasteiger partial charge >= 0.3 is 12.1 Å². The number of halogens is 1. The zero-order valence-electron chi connectivity index (χ0n) is 15.8. The Kier molecular flexibility index (Phi) is 7.25. The highest BCUT2D eigenvalue weighted by Gasteiger charge is 2.40. The smallest absolute Gasteiger partial charge is 0.407 e. The number of carboxylic acids is 1. The van der Waals surface area contributed by atoms with Crippen molar-refractivity contribution < 1.29 is 24.5 Å². The first-order chi connectivity index (χ1) is 12.6. The minimum atomic E-state index is -0.910. The van der Waals surface area contributed by atoms with Crippen molar-refractivity contribution in [3.05, 3.63) is 34.3 Å². The number of amides is 1. The summed E-state index contributed by atoms with van der Waals surface area (Å²) in [4.78, 5) is 25.3. The third-order valence-electron chi connectivity index (χ3n) is 4.38. The first kappa shape index (κ1) is 21.7. The minimum Gasteiger partial charge on any atom is -0.480 e. The third kappa shape index (κ3) is 6.48. The summed E-state index contributed by atoms with van der Waals surface area (Å²) in [7, 11) is 0. The molecule has 150 valence electrons. The number of carbonyl (C=O) groups excluding carboxylic acids is 1. The molecule has 0 spiro atoms. The number of carboxylic acid groups (broad SMARTS) is 1. The molecular formula is C19H27BrN2O5. The van der Waals surface area contributed by atoms with Gasteiger partial charge in [-0.3, -0.25) is 9.69 Å². The summed E-state index contributed by atoms with van der Waals surface area (Å²) in [5.74, 6) is -1.05. The van der Waals surface area contributed by atoms with E-state index < -0.39 is 29.8 Å². The Bertz CT molecular complexity index is 659. The molecule has 0 saturated carbocycles. The number of aliphatic hydroxyl groups is 1. The number of hydrogen-bond donors (Lipinski definition) is 3. The van der Waals surface area contributed by atoms with Gasteiger partial charge in [-0.25, -0.2) is 4.79 Å². The lowest BCUT2D eigenvalue weighted by molar-refractivity contribution is -0.143. The van der Waals surface area contributed by atoms with Gasteiger partial charge in [-0.05, 0) is 51.4 Å². The molecule has 1 amide bonds.